The second-order valence-corrected chi connectivity index (χ2v) is 9.13. The summed E-state index contributed by atoms with van der Waals surface area (Å²) in [5.41, 5.74) is 0.381. The number of hydrogen-bond donors (Lipinski definition) is 3. The fourth-order valence-electron chi connectivity index (χ4n) is 3.40. The van der Waals surface area contributed by atoms with E-state index in [1.54, 1.807) is 0 Å². The number of urea groups is 1. The zero-order valence-electron chi connectivity index (χ0n) is 17.4. The molecule has 33 heavy (non-hydrogen) atoms. The molecule has 2 aromatic carbocycles. The Morgan fingerprint density at radius 2 is 1.55 bits per heavy atom. The Hall–Kier alpha value is -2.19. The van der Waals surface area contributed by atoms with Gasteiger partial charge in [0.2, 0.25) is 0 Å². The first-order valence-electron chi connectivity index (χ1n) is 10.2. The molecule has 3 rings (SSSR count). The third kappa shape index (κ3) is 7.40. The third-order valence-electron chi connectivity index (χ3n) is 4.96. The fraction of sp³-hybridized carbons (Fsp3) is 0.318. The predicted molar refractivity (Wildman–Crippen MR) is 131 cm³/mol. The molecule has 1 aliphatic carbocycles. The van der Waals surface area contributed by atoms with Gasteiger partial charge in [-0.3, -0.25) is 9.59 Å². The minimum Gasteiger partial charge on any atom is -0.461 e. The van der Waals surface area contributed by atoms with Gasteiger partial charge in [0.05, 0.1) is 27.0 Å². The lowest BCUT2D eigenvalue weighted by molar-refractivity contribution is -0.149. The number of anilines is 2. The molecule has 11 heteroatoms. The van der Waals surface area contributed by atoms with Crippen LogP contribution in [0.25, 0.3) is 0 Å². The minimum absolute atomic E-state index is 0.105. The Kier molecular flexibility index (Phi) is 9.09. The largest absolute Gasteiger partial charge is 0.461 e. The molecule has 1 fully saturated rings. The number of rotatable bonds is 6. The van der Waals surface area contributed by atoms with Crippen molar-refractivity contribution in [1.82, 2.24) is 5.32 Å². The van der Waals surface area contributed by atoms with Crippen molar-refractivity contribution in [1.29, 1.82) is 0 Å². The number of ether oxygens (including phenoxy) is 1. The summed E-state index contributed by atoms with van der Waals surface area (Å²) >= 11 is 24.1. The van der Waals surface area contributed by atoms with Gasteiger partial charge >= 0.3 is 12.0 Å². The molecule has 3 amide bonds. The molecule has 0 bridgehead atoms. The van der Waals surface area contributed by atoms with E-state index < -0.39 is 17.9 Å². The molecule has 0 radical (unpaired) electrons. The van der Waals surface area contributed by atoms with Crippen molar-refractivity contribution in [2.75, 3.05) is 17.2 Å². The van der Waals surface area contributed by atoms with Gasteiger partial charge in [-0.1, -0.05) is 52.8 Å². The number of carbonyl (C=O) groups is 3. The van der Waals surface area contributed by atoms with E-state index in [2.05, 4.69) is 16.0 Å². The zero-order chi connectivity index (χ0) is 24.0. The van der Waals surface area contributed by atoms with Crippen molar-refractivity contribution in [3.63, 3.8) is 0 Å². The second-order valence-electron chi connectivity index (χ2n) is 7.45. The van der Waals surface area contributed by atoms with E-state index in [0.717, 1.165) is 32.1 Å². The van der Waals surface area contributed by atoms with Gasteiger partial charge in [0.25, 0.3) is 5.91 Å². The van der Waals surface area contributed by atoms with Crippen LogP contribution in [0, 0.1) is 0 Å². The van der Waals surface area contributed by atoms with Crippen molar-refractivity contribution in [3.05, 3.63) is 56.0 Å². The summed E-state index contributed by atoms with van der Waals surface area (Å²) in [5.74, 6) is -1.09. The molecule has 176 valence electrons. The number of benzene rings is 2. The van der Waals surface area contributed by atoms with Crippen molar-refractivity contribution < 1.29 is 19.1 Å². The average molecular weight is 533 g/mol. The number of carbonyl (C=O) groups excluding carboxylic acids is 3. The van der Waals surface area contributed by atoms with Crippen molar-refractivity contribution in [2.45, 2.75) is 38.2 Å². The highest BCUT2D eigenvalue weighted by Gasteiger charge is 2.20. The highest BCUT2D eigenvalue weighted by molar-refractivity contribution is 6.42. The Balaban J connectivity index is 1.64. The van der Waals surface area contributed by atoms with Crippen LogP contribution in [-0.4, -0.2) is 30.6 Å². The second kappa shape index (κ2) is 11.8. The Morgan fingerprint density at radius 3 is 2.21 bits per heavy atom. The summed E-state index contributed by atoms with van der Waals surface area (Å²) in [6, 6.07) is 6.47. The summed E-state index contributed by atoms with van der Waals surface area (Å²) in [6.45, 7) is -0.292. The van der Waals surface area contributed by atoms with Gasteiger partial charge in [-0.05, 0) is 56.0 Å². The van der Waals surface area contributed by atoms with E-state index in [1.165, 1.54) is 30.3 Å². The van der Waals surface area contributed by atoms with E-state index >= 15 is 0 Å². The van der Waals surface area contributed by atoms with Crippen molar-refractivity contribution in [3.8, 4) is 0 Å². The van der Waals surface area contributed by atoms with E-state index in [9.17, 15) is 14.4 Å². The smallest absolute Gasteiger partial charge is 0.325 e. The number of hydrogen-bond acceptors (Lipinski definition) is 4. The fourth-order valence-corrected chi connectivity index (χ4v) is 4.49. The standard InChI is InChI=1S/C22H21Cl4N3O4/c23-12-6-7-15(21(31)27-11-19(30)33-14-4-2-1-3-5-14)18(10-12)28-22(32)29-20-16(25)8-13(24)9-17(20)26/h6-10,14H,1-5,11H2,(H,27,31)(H2,28,29,32). The van der Waals surface area contributed by atoms with Crippen LogP contribution in [0.5, 0.6) is 0 Å². The maximum absolute atomic E-state index is 12.7. The lowest BCUT2D eigenvalue weighted by atomic mass is 9.98. The summed E-state index contributed by atoms with van der Waals surface area (Å²) < 4.78 is 5.40. The quantitative estimate of drug-likeness (QED) is 0.367. The molecule has 0 atom stereocenters. The van der Waals surface area contributed by atoms with Crippen LogP contribution in [0.15, 0.2) is 30.3 Å². The molecule has 1 saturated carbocycles. The molecular weight excluding hydrogens is 512 g/mol. The Labute approximate surface area is 211 Å². The Morgan fingerprint density at radius 1 is 0.879 bits per heavy atom. The summed E-state index contributed by atoms with van der Waals surface area (Å²) in [4.78, 5) is 37.3. The molecule has 0 aliphatic heterocycles. The molecule has 0 heterocycles. The number of halogens is 4. The van der Waals surface area contributed by atoms with Gasteiger partial charge in [0, 0.05) is 10.0 Å². The molecule has 1 aliphatic rings. The predicted octanol–water partition coefficient (Wildman–Crippen LogP) is 6.55. The van der Waals surface area contributed by atoms with E-state index in [-0.39, 0.29) is 39.6 Å². The summed E-state index contributed by atoms with van der Waals surface area (Å²) in [6.07, 6.45) is 4.76. The average Bonchev–Trinajstić information content (AvgIpc) is 2.75. The monoisotopic (exact) mass is 531 g/mol. The lowest BCUT2D eigenvalue weighted by Gasteiger charge is -2.21. The molecule has 0 spiro atoms. The van der Waals surface area contributed by atoms with E-state index in [1.807, 2.05) is 0 Å². The van der Waals surface area contributed by atoms with Crippen LogP contribution in [0.1, 0.15) is 42.5 Å². The van der Waals surface area contributed by atoms with Gasteiger partial charge < -0.3 is 20.7 Å². The van der Waals surface area contributed by atoms with Gasteiger partial charge in [-0.25, -0.2) is 4.79 Å². The molecule has 2 aromatic rings. The SMILES string of the molecule is O=C(Nc1cc(Cl)ccc1C(=O)NCC(=O)OC1CCCCC1)Nc1c(Cl)cc(Cl)cc1Cl. The normalized spacial score (nSPS) is 13.8. The number of amides is 3. The molecule has 0 unspecified atom stereocenters. The highest BCUT2D eigenvalue weighted by Crippen LogP contribution is 2.34. The van der Waals surface area contributed by atoms with Crippen molar-refractivity contribution >= 4 is 75.7 Å². The number of esters is 1. The highest BCUT2D eigenvalue weighted by atomic mass is 35.5. The van der Waals surface area contributed by atoms with Crippen LogP contribution >= 0.6 is 46.4 Å². The Bertz CT molecular complexity index is 1030. The van der Waals surface area contributed by atoms with Crippen LogP contribution in [0.4, 0.5) is 16.2 Å². The van der Waals surface area contributed by atoms with Gasteiger partial charge in [0.1, 0.15) is 12.6 Å². The summed E-state index contributed by atoms with van der Waals surface area (Å²) in [7, 11) is 0. The molecule has 3 N–H and O–H groups in total. The van der Waals surface area contributed by atoms with E-state index in [0.29, 0.717) is 10.0 Å². The zero-order valence-corrected chi connectivity index (χ0v) is 20.4. The summed E-state index contributed by atoms with van der Waals surface area (Å²) in [5, 5.41) is 8.45. The van der Waals surface area contributed by atoms with Crippen LogP contribution in [0.3, 0.4) is 0 Å². The molecule has 0 saturated heterocycles. The maximum Gasteiger partial charge on any atom is 0.325 e. The van der Waals surface area contributed by atoms with E-state index in [4.69, 9.17) is 51.1 Å². The topological polar surface area (TPSA) is 96.5 Å². The number of nitrogens with one attached hydrogen (secondary N) is 3. The van der Waals surface area contributed by atoms with Crippen molar-refractivity contribution in [2.24, 2.45) is 0 Å². The molecule has 0 aromatic heterocycles. The van der Waals surface area contributed by atoms with Gasteiger partial charge in [0.15, 0.2) is 0 Å². The van der Waals surface area contributed by atoms with Crippen LogP contribution in [0.2, 0.25) is 20.1 Å². The molecule has 7 nitrogen and oxygen atoms in total. The van der Waals surface area contributed by atoms with Gasteiger partial charge in [-0.15, -0.1) is 0 Å². The first-order chi connectivity index (χ1) is 15.7. The van der Waals surface area contributed by atoms with Crippen LogP contribution in [-0.2, 0) is 9.53 Å². The minimum atomic E-state index is -0.714. The first-order valence-corrected chi connectivity index (χ1v) is 11.7. The first kappa shape index (κ1) is 25.4. The van der Waals surface area contributed by atoms with Crippen LogP contribution < -0.4 is 16.0 Å². The molecular formula is C22H21Cl4N3O4. The van der Waals surface area contributed by atoms with Gasteiger partial charge in [-0.2, -0.15) is 0 Å². The maximum atomic E-state index is 12.7. The third-order valence-corrected chi connectivity index (χ3v) is 6.01. The lowest BCUT2D eigenvalue weighted by Crippen LogP contribution is -2.33.